The molecule has 1 aliphatic rings. The van der Waals surface area contributed by atoms with Crippen molar-refractivity contribution in [3.8, 4) is 11.5 Å². The molecule has 0 aliphatic carbocycles. The molecular formula is C19H22ClFN2O4. The number of ether oxygens (including phenoxy) is 3. The Bertz CT molecular complexity index is 769. The SMILES string of the molecule is COC(CN)CC(=O)N(Cc1ccc2c(c1)OCO2)c1ccc(F)cc1.Cl. The lowest BCUT2D eigenvalue weighted by molar-refractivity contribution is -0.121. The van der Waals surface area contributed by atoms with Gasteiger partial charge in [0.1, 0.15) is 5.82 Å². The first-order chi connectivity index (χ1) is 12.6. The third-order valence-electron chi connectivity index (χ3n) is 4.22. The van der Waals surface area contributed by atoms with Crippen molar-refractivity contribution >= 4 is 24.0 Å². The van der Waals surface area contributed by atoms with Crippen molar-refractivity contribution in [2.45, 2.75) is 19.1 Å². The summed E-state index contributed by atoms with van der Waals surface area (Å²) in [6.07, 6.45) is -0.239. The first kappa shape index (κ1) is 21.0. The fourth-order valence-corrected chi connectivity index (χ4v) is 2.73. The standard InChI is InChI=1S/C19H21FN2O4.ClH/c1-24-16(10-21)9-19(23)22(15-5-3-14(20)4-6-15)11-13-2-7-17-18(8-13)26-12-25-17;/h2-8,16H,9-12,21H2,1H3;1H. The summed E-state index contributed by atoms with van der Waals surface area (Å²) < 4.78 is 29.2. The molecule has 1 heterocycles. The van der Waals surface area contributed by atoms with Crippen LogP contribution in [0.1, 0.15) is 12.0 Å². The number of fused-ring (bicyclic) bond motifs is 1. The Labute approximate surface area is 163 Å². The van der Waals surface area contributed by atoms with Crippen LogP contribution in [0.15, 0.2) is 42.5 Å². The molecule has 1 aliphatic heterocycles. The van der Waals surface area contributed by atoms with E-state index in [1.165, 1.54) is 19.2 Å². The second kappa shape index (κ2) is 9.55. The number of carbonyl (C=O) groups is 1. The lowest BCUT2D eigenvalue weighted by atomic mass is 10.1. The number of nitrogens with zero attached hydrogens (tertiary/aromatic N) is 1. The minimum atomic E-state index is -0.373. The molecule has 0 spiro atoms. The predicted molar refractivity (Wildman–Crippen MR) is 102 cm³/mol. The Morgan fingerprint density at radius 3 is 2.59 bits per heavy atom. The van der Waals surface area contributed by atoms with Crippen molar-refractivity contribution in [1.82, 2.24) is 0 Å². The van der Waals surface area contributed by atoms with Crippen molar-refractivity contribution in [1.29, 1.82) is 0 Å². The van der Waals surface area contributed by atoms with Crippen LogP contribution in [0.25, 0.3) is 0 Å². The van der Waals surface area contributed by atoms with E-state index in [1.807, 2.05) is 18.2 Å². The third-order valence-corrected chi connectivity index (χ3v) is 4.22. The lowest BCUT2D eigenvalue weighted by Crippen LogP contribution is -2.35. The van der Waals surface area contributed by atoms with Crippen molar-refractivity contribution in [3.63, 3.8) is 0 Å². The molecule has 1 unspecified atom stereocenters. The normalized spacial score (nSPS) is 13.0. The molecule has 0 fully saturated rings. The van der Waals surface area contributed by atoms with Crippen LogP contribution >= 0.6 is 12.4 Å². The molecule has 27 heavy (non-hydrogen) atoms. The zero-order chi connectivity index (χ0) is 18.5. The van der Waals surface area contributed by atoms with Gasteiger partial charge in [-0.2, -0.15) is 0 Å². The molecule has 0 aromatic heterocycles. The van der Waals surface area contributed by atoms with Gasteiger partial charge in [-0.05, 0) is 42.0 Å². The van der Waals surface area contributed by atoms with Gasteiger partial charge in [-0.3, -0.25) is 4.79 Å². The van der Waals surface area contributed by atoms with E-state index < -0.39 is 0 Å². The fourth-order valence-electron chi connectivity index (χ4n) is 2.73. The van der Waals surface area contributed by atoms with E-state index in [-0.39, 0.29) is 50.0 Å². The van der Waals surface area contributed by atoms with Gasteiger partial charge in [0.25, 0.3) is 0 Å². The zero-order valence-corrected chi connectivity index (χ0v) is 15.7. The number of hydrogen-bond donors (Lipinski definition) is 1. The summed E-state index contributed by atoms with van der Waals surface area (Å²) in [6.45, 7) is 0.733. The molecule has 2 aromatic carbocycles. The van der Waals surface area contributed by atoms with Crippen LogP contribution in [0.2, 0.25) is 0 Å². The summed E-state index contributed by atoms with van der Waals surface area (Å²) >= 11 is 0. The second-order valence-electron chi connectivity index (χ2n) is 5.94. The number of nitrogens with two attached hydrogens (primary N) is 1. The van der Waals surface area contributed by atoms with E-state index in [0.29, 0.717) is 23.7 Å². The quantitative estimate of drug-likeness (QED) is 0.779. The van der Waals surface area contributed by atoms with Gasteiger partial charge >= 0.3 is 0 Å². The van der Waals surface area contributed by atoms with E-state index in [4.69, 9.17) is 19.9 Å². The van der Waals surface area contributed by atoms with Crippen LogP contribution < -0.4 is 20.1 Å². The average Bonchev–Trinajstić information content (AvgIpc) is 3.12. The molecule has 1 atom stereocenters. The second-order valence-corrected chi connectivity index (χ2v) is 5.94. The maximum Gasteiger partial charge on any atom is 0.231 e. The van der Waals surface area contributed by atoms with E-state index in [9.17, 15) is 9.18 Å². The van der Waals surface area contributed by atoms with Crippen LogP contribution in [0.4, 0.5) is 10.1 Å². The predicted octanol–water partition coefficient (Wildman–Crippen LogP) is 2.87. The van der Waals surface area contributed by atoms with Gasteiger partial charge in [0.15, 0.2) is 11.5 Å². The molecule has 146 valence electrons. The maximum atomic E-state index is 13.3. The Morgan fingerprint density at radius 1 is 1.22 bits per heavy atom. The number of rotatable bonds is 7. The number of hydrogen-bond acceptors (Lipinski definition) is 5. The Hall–Kier alpha value is -2.35. The van der Waals surface area contributed by atoms with E-state index in [2.05, 4.69) is 0 Å². The number of amides is 1. The minimum absolute atomic E-state index is 0. The van der Waals surface area contributed by atoms with Crippen LogP contribution in [0.5, 0.6) is 11.5 Å². The topological polar surface area (TPSA) is 74.0 Å². The van der Waals surface area contributed by atoms with E-state index in [0.717, 1.165) is 5.56 Å². The Morgan fingerprint density at radius 2 is 1.93 bits per heavy atom. The number of halogens is 2. The molecule has 0 saturated heterocycles. The maximum absolute atomic E-state index is 13.3. The summed E-state index contributed by atoms with van der Waals surface area (Å²) in [7, 11) is 1.52. The highest BCUT2D eigenvalue weighted by atomic mass is 35.5. The number of benzene rings is 2. The van der Waals surface area contributed by atoms with Crippen molar-refractivity contribution in [2.75, 3.05) is 25.3 Å². The van der Waals surface area contributed by atoms with Gasteiger partial charge in [-0.25, -0.2) is 4.39 Å². The van der Waals surface area contributed by atoms with Gasteiger partial charge in [0.05, 0.1) is 19.1 Å². The first-order valence-electron chi connectivity index (χ1n) is 8.28. The van der Waals surface area contributed by atoms with E-state index in [1.54, 1.807) is 17.0 Å². The molecule has 2 N–H and O–H groups in total. The number of methoxy groups -OCH3 is 1. The smallest absolute Gasteiger partial charge is 0.231 e. The first-order valence-corrected chi connectivity index (χ1v) is 8.28. The van der Waals surface area contributed by atoms with Crippen LogP contribution in [0.3, 0.4) is 0 Å². The highest BCUT2D eigenvalue weighted by Gasteiger charge is 2.22. The van der Waals surface area contributed by atoms with Gasteiger partial charge in [0.2, 0.25) is 12.7 Å². The zero-order valence-electron chi connectivity index (χ0n) is 14.9. The molecule has 0 bridgehead atoms. The molecular weight excluding hydrogens is 375 g/mol. The molecule has 0 saturated carbocycles. The van der Waals surface area contributed by atoms with Gasteiger partial charge in [-0.15, -0.1) is 12.4 Å². The minimum Gasteiger partial charge on any atom is -0.454 e. The van der Waals surface area contributed by atoms with Gasteiger partial charge < -0.3 is 24.8 Å². The largest absolute Gasteiger partial charge is 0.454 e. The lowest BCUT2D eigenvalue weighted by Gasteiger charge is -2.25. The van der Waals surface area contributed by atoms with Crippen LogP contribution in [0, 0.1) is 5.82 Å². The van der Waals surface area contributed by atoms with Crippen molar-refractivity contribution in [3.05, 3.63) is 53.8 Å². The number of anilines is 1. The van der Waals surface area contributed by atoms with Crippen molar-refractivity contribution in [2.24, 2.45) is 5.73 Å². The van der Waals surface area contributed by atoms with Crippen LogP contribution in [-0.4, -0.2) is 32.5 Å². The molecule has 8 heteroatoms. The summed E-state index contributed by atoms with van der Waals surface area (Å²) in [5.41, 5.74) is 7.10. The highest BCUT2D eigenvalue weighted by Crippen LogP contribution is 2.33. The average molecular weight is 397 g/mol. The summed E-state index contributed by atoms with van der Waals surface area (Å²) in [5, 5.41) is 0. The van der Waals surface area contributed by atoms with Gasteiger partial charge in [-0.1, -0.05) is 6.07 Å². The monoisotopic (exact) mass is 396 g/mol. The van der Waals surface area contributed by atoms with Crippen molar-refractivity contribution < 1.29 is 23.4 Å². The fraction of sp³-hybridized carbons (Fsp3) is 0.316. The number of carbonyl (C=O) groups excluding carboxylic acids is 1. The highest BCUT2D eigenvalue weighted by molar-refractivity contribution is 5.93. The molecule has 6 nitrogen and oxygen atoms in total. The summed E-state index contributed by atoms with van der Waals surface area (Å²) in [4.78, 5) is 14.4. The molecule has 2 aromatic rings. The van der Waals surface area contributed by atoms with Crippen LogP contribution in [-0.2, 0) is 16.1 Å². The summed E-state index contributed by atoms with van der Waals surface area (Å²) in [5.74, 6) is 0.800. The molecule has 3 rings (SSSR count). The third kappa shape index (κ3) is 5.09. The van der Waals surface area contributed by atoms with Gasteiger partial charge in [0, 0.05) is 19.3 Å². The molecule has 0 radical (unpaired) electrons. The molecule has 1 amide bonds. The van der Waals surface area contributed by atoms with E-state index >= 15 is 0 Å². The Kier molecular flexibility index (Phi) is 7.41. The summed E-state index contributed by atoms with van der Waals surface area (Å²) in [6, 6.07) is 11.3. The Balaban J connectivity index is 0.00000261.